The van der Waals surface area contributed by atoms with E-state index in [4.69, 9.17) is 0 Å². The maximum atomic E-state index is 2.56. The van der Waals surface area contributed by atoms with Crippen LogP contribution in [0.15, 0.2) is 96.1 Å². The summed E-state index contributed by atoms with van der Waals surface area (Å²) in [5.74, 6) is 1.59. The second-order valence-corrected chi connectivity index (χ2v) is 17.6. The molecule has 2 aliphatic rings. The molecule has 6 rings (SSSR count). The van der Waals surface area contributed by atoms with Crippen molar-refractivity contribution in [1.82, 2.24) is 0 Å². The summed E-state index contributed by atoms with van der Waals surface area (Å²) in [4.78, 5) is 0. The van der Waals surface area contributed by atoms with Crippen molar-refractivity contribution in [3.8, 4) is 22.3 Å². The first-order valence-corrected chi connectivity index (χ1v) is 17.9. The predicted molar refractivity (Wildman–Crippen MR) is 206 cm³/mol. The van der Waals surface area contributed by atoms with Gasteiger partial charge in [0, 0.05) is 11.8 Å². The molecule has 0 N–H and O–H groups in total. The molecular formula is C47H56. The lowest BCUT2D eigenvalue weighted by atomic mass is 9.60. The first kappa shape index (κ1) is 33.3. The third-order valence-corrected chi connectivity index (χ3v) is 11.1. The Hall–Kier alpha value is -3.64. The van der Waals surface area contributed by atoms with Crippen LogP contribution in [0.2, 0.25) is 0 Å². The van der Waals surface area contributed by atoms with Crippen molar-refractivity contribution in [2.24, 2.45) is 17.3 Å². The van der Waals surface area contributed by atoms with Gasteiger partial charge in [-0.3, -0.25) is 0 Å². The molecule has 0 amide bonds. The Balaban J connectivity index is 1.46. The fourth-order valence-electron chi connectivity index (χ4n) is 8.48. The van der Waals surface area contributed by atoms with Gasteiger partial charge in [0.15, 0.2) is 0 Å². The summed E-state index contributed by atoms with van der Waals surface area (Å²) in [7, 11) is 0. The smallest absolute Gasteiger partial charge is 0.0120 e. The minimum Gasteiger partial charge on any atom is -0.0613 e. The molecular weight excluding hydrogens is 565 g/mol. The maximum Gasteiger partial charge on any atom is 0.0120 e. The van der Waals surface area contributed by atoms with Crippen LogP contribution in [0.1, 0.15) is 128 Å². The van der Waals surface area contributed by atoms with Gasteiger partial charge in [-0.1, -0.05) is 191 Å². The average Bonchev–Trinajstić information content (AvgIpc) is 3.61. The van der Waals surface area contributed by atoms with E-state index in [-0.39, 0.29) is 16.2 Å². The SMILES string of the molecule is CC(C)C1=Cc2c(-c3ccc(C(C)(C)C)cc3)cccc2C1C(C)(C)C1C(C(C)C)=Cc2c(-c3ccc(C(C)(C)C)cc3)cccc21. The topological polar surface area (TPSA) is 0 Å². The van der Waals surface area contributed by atoms with Crippen LogP contribution in [0.3, 0.4) is 0 Å². The number of hydrogen-bond donors (Lipinski definition) is 0. The summed E-state index contributed by atoms with van der Waals surface area (Å²) >= 11 is 0. The van der Waals surface area contributed by atoms with Crippen molar-refractivity contribution in [1.29, 1.82) is 0 Å². The molecule has 0 heteroatoms. The van der Waals surface area contributed by atoms with Gasteiger partial charge in [-0.25, -0.2) is 0 Å². The van der Waals surface area contributed by atoms with E-state index in [0.717, 1.165) is 0 Å². The fourth-order valence-corrected chi connectivity index (χ4v) is 8.48. The quantitative estimate of drug-likeness (QED) is 0.201. The Morgan fingerprint density at radius 1 is 0.447 bits per heavy atom. The molecule has 2 unspecified atom stereocenters. The van der Waals surface area contributed by atoms with Crippen LogP contribution in [-0.4, -0.2) is 0 Å². The second kappa shape index (κ2) is 11.8. The summed E-state index contributed by atoms with van der Waals surface area (Å²) in [6, 6.07) is 32.7. The Labute approximate surface area is 286 Å². The van der Waals surface area contributed by atoms with Gasteiger partial charge in [-0.2, -0.15) is 0 Å². The molecule has 0 bridgehead atoms. The normalized spacial score (nSPS) is 18.0. The molecule has 0 aromatic heterocycles. The summed E-state index contributed by atoms with van der Waals surface area (Å²) in [6.45, 7) is 28.4. The molecule has 244 valence electrons. The number of rotatable bonds is 6. The first-order valence-electron chi connectivity index (χ1n) is 17.9. The van der Waals surface area contributed by atoms with Crippen LogP contribution in [0.25, 0.3) is 34.4 Å². The Morgan fingerprint density at radius 3 is 1.09 bits per heavy atom. The standard InChI is InChI=1S/C47H56/c1-29(2)39-27-41-35(31-19-23-33(24-20-31)45(5,6)7)15-13-17-37(41)43(39)47(11,12)44-38-18-14-16-36(42(38)28-40(44)30(3)4)32-21-25-34(26-22-32)46(8,9)10/h13-30,43-44H,1-12H3. The van der Waals surface area contributed by atoms with Gasteiger partial charge in [0.05, 0.1) is 0 Å². The first-order chi connectivity index (χ1) is 22.0. The lowest BCUT2D eigenvalue weighted by Gasteiger charge is -2.43. The van der Waals surface area contributed by atoms with Crippen molar-refractivity contribution in [3.63, 3.8) is 0 Å². The number of benzene rings is 4. The Morgan fingerprint density at radius 2 is 0.787 bits per heavy atom. The molecule has 0 aliphatic heterocycles. The zero-order valence-corrected chi connectivity index (χ0v) is 31.0. The third kappa shape index (κ3) is 5.88. The average molecular weight is 621 g/mol. The molecule has 0 saturated carbocycles. The van der Waals surface area contributed by atoms with Crippen molar-refractivity contribution in [2.45, 2.75) is 106 Å². The molecule has 0 fully saturated rings. The van der Waals surface area contributed by atoms with E-state index in [1.54, 1.807) is 11.1 Å². The van der Waals surface area contributed by atoms with Crippen molar-refractivity contribution >= 4 is 12.2 Å². The molecule has 2 aliphatic carbocycles. The van der Waals surface area contributed by atoms with Crippen molar-refractivity contribution < 1.29 is 0 Å². The van der Waals surface area contributed by atoms with Crippen LogP contribution in [-0.2, 0) is 10.8 Å². The highest BCUT2D eigenvalue weighted by Crippen LogP contribution is 2.61. The van der Waals surface area contributed by atoms with E-state index in [0.29, 0.717) is 23.7 Å². The van der Waals surface area contributed by atoms with Crippen LogP contribution >= 0.6 is 0 Å². The Kier molecular flexibility index (Phi) is 8.35. The van der Waals surface area contributed by atoms with Crippen LogP contribution < -0.4 is 0 Å². The van der Waals surface area contributed by atoms with E-state index in [2.05, 4.69) is 180 Å². The lowest BCUT2D eigenvalue weighted by molar-refractivity contribution is 0.258. The molecule has 0 spiro atoms. The van der Waals surface area contributed by atoms with Crippen molar-refractivity contribution in [3.05, 3.63) is 129 Å². The molecule has 4 aromatic carbocycles. The van der Waals surface area contributed by atoms with Gasteiger partial charge in [-0.05, 0) is 83.7 Å². The minimum atomic E-state index is -0.0356. The van der Waals surface area contributed by atoms with E-state index >= 15 is 0 Å². The van der Waals surface area contributed by atoms with Gasteiger partial charge < -0.3 is 0 Å². The molecule has 4 aromatic rings. The third-order valence-electron chi connectivity index (χ3n) is 11.1. The van der Waals surface area contributed by atoms with E-state index in [1.165, 1.54) is 55.6 Å². The summed E-state index contributed by atoms with van der Waals surface area (Å²) in [5.41, 5.74) is 17.3. The zero-order valence-electron chi connectivity index (χ0n) is 31.0. The molecule has 0 saturated heterocycles. The largest absolute Gasteiger partial charge is 0.0613 e. The maximum absolute atomic E-state index is 2.56. The van der Waals surface area contributed by atoms with E-state index in [1.807, 2.05) is 0 Å². The second-order valence-electron chi connectivity index (χ2n) is 17.6. The molecule has 0 radical (unpaired) electrons. The lowest BCUT2D eigenvalue weighted by Crippen LogP contribution is -2.32. The van der Waals surface area contributed by atoms with Crippen LogP contribution in [0.5, 0.6) is 0 Å². The highest BCUT2D eigenvalue weighted by molar-refractivity contribution is 5.85. The van der Waals surface area contributed by atoms with Crippen LogP contribution in [0, 0.1) is 17.3 Å². The zero-order chi connectivity index (χ0) is 34.1. The van der Waals surface area contributed by atoms with E-state index < -0.39 is 0 Å². The molecule has 0 nitrogen and oxygen atoms in total. The monoisotopic (exact) mass is 620 g/mol. The molecule has 47 heavy (non-hydrogen) atoms. The molecule has 2 atom stereocenters. The highest BCUT2D eigenvalue weighted by atomic mass is 14.5. The summed E-state index contributed by atoms with van der Waals surface area (Å²) in [5, 5.41) is 0. The number of hydrogen-bond acceptors (Lipinski definition) is 0. The van der Waals surface area contributed by atoms with E-state index in [9.17, 15) is 0 Å². The van der Waals surface area contributed by atoms with Gasteiger partial charge in [0.2, 0.25) is 0 Å². The minimum absolute atomic E-state index is 0.0356. The van der Waals surface area contributed by atoms with Gasteiger partial charge in [0.1, 0.15) is 0 Å². The highest BCUT2D eigenvalue weighted by Gasteiger charge is 2.48. The van der Waals surface area contributed by atoms with Gasteiger partial charge in [0.25, 0.3) is 0 Å². The van der Waals surface area contributed by atoms with Crippen molar-refractivity contribution in [2.75, 3.05) is 0 Å². The number of fused-ring (bicyclic) bond motifs is 2. The van der Waals surface area contributed by atoms with Gasteiger partial charge in [-0.15, -0.1) is 0 Å². The van der Waals surface area contributed by atoms with Crippen LogP contribution in [0.4, 0.5) is 0 Å². The Bertz CT molecular complexity index is 1700. The molecule has 0 heterocycles. The fraction of sp³-hybridized carbons (Fsp3) is 0.404. The summed E-state index contributed by atoms with van der Waals surface area (Å²) in [6.07, 6.45) is 5.11. The number of allylic oxidation sites excluding steroid dienone is 2. The van der Waals surface area contributed by atoms with Gasteiger partial charge >= 0.3 is 0 Å². The summed E-state index contributed by atoms with van der Waals surface area (Å²) < 4.78 is 0. The predicted octanol–water partition coefficient (Wildman–Crippen LogP) is 13.6.